The first-order valence-corrected chi connectivity index (χ1v) is 13.8. The number of benzene rings is 2. The molecule has 2 aromatic heterocycles. The molecule has 0 aliphatic rings. The number of halogens is 2. The van der Waals surface area contributed by atoms with Gasteiger partial charge in [-0.2, -0.15) is 0 Å². The second-order valence-corrected chi connectivity index (χ2v) is 12.3. The van der Waals surface area contributed by atoms with Crippen molar-refractivity contribution < 1.29 is 17.2 Å². The third kappa shape index (κ3) is 6.24. The van der Waals surface area contributed by atoms with Crippen molar-refractivity contribution in [1.82, 2.24) is 19.5 Å². The summed E-state index contributed by atoms with van der Waals surface area (Å²) in [5.41, 5.74) is 1.93. The van der Waals surface area contributed by atoms with E-state index in [2.05, 4.69) is 33.5 Å². The van der Waals surface area contributed by atoms with Crippen molar-refractivity contribution in [3.8, 4) is 11.1 Å². The van der Waals surface area contributed by atoms with E-state index in [1.165, 1.54) is 12.1 Å². The summed E-state index contributed by atoms with van der Waals surface area (Å²) in [6.45, 7) is 10.6. The molecule has 0 atom stereocenters. The Morgan fingerprint density at radius 2 is 1.71 bits per heavy atom. The van der Waals surface area contributed by atoms with Crippen LogP contribution in [0.1, 0.15) is 51.6 Å². The molecule has 0 unspecified atom stereocenters. The monoisotopic (exact) mass is 539 g/mol. The fourth-order valence-electron chi connectivity index (χ4n) is 4.28. The van der Waals surface area contributed by atoms with Crippen LogP contribution in [0.5, 0.6) is 0 Å². The molecule has 0 spiro atoms. The first kappa shape index (κ1) is 27.4. The molecule has 4 aromatic rings. The molecule has 0 amide bonds. The van der Waals surface area contributed by atoms with E-state index in [1.807, 2.05) is 31.5 Å². The number of imidazole rings is 1. The van der Waals surface area contributed by atoms with Crippen LogP contribution in [0.15, 0.2) is 66.1 Å². The lowest BCUT2D eigenvalue weighted by Gasteiger charge is -2.20. The fourth-order valence-corrected chi connectivity index (χ4v) is 5.45. The Morgan fingerprint density at radius 3 is 2.34 bits per heavy atom. The predicted molar refractivity (Wildman–Crippen MR) is 143 cm³/mol. The highest BCUT2D eigenvalue weighted by Crippen LogP contribution is 2.32. The molecule has 2 heterocycles. The van der Waals surface area contributed by atoms with E-state index in [1.54, 1.807) is 30.5 Å². The average Bonchev–Trinajstić information content (AvgIpc) is 3.30. The minimum Gasteiger partial charge on any atom is -0.330 e. The Balaban J connectivity index is 1.74. The summed E-state index contributed by atoms with van der Waals surface area (Å²) in [4.78, 5) is 11.7. The van der Waals surface area contributed by atoms with E-state index in [4.69, 9.17) is 0 Å². The smallest absolute Gasteiger partial charge is 0.264 e. The van der Waals surface area contributed by atoms with Crippen LogP contribution in [-0.2, 0) is 28.4 Å². The number of anilines is 1. The minimum atomic E-state index is -4.17. The highest BCUT2D eigenvalue weighted by atomic mass is 32.2. The Morgan fingerprint density at radius 1 is 1.00 bits per heavy atom. The summed E-state index contributed by atoms with van der Waals surface area (Å²) in [7, 11) is -4.17. The molecule has 200 valence electrons. The second-order valence-electron chi connectivity index (χ2n) is 10.7. The zero-order valence-corrected chi connectivity index (χ0v) is 22.9. The molecule has 1 N–H and O–H groups in total. The predicted octanol–water partition coefficient (Wildman–Crippen LogP) is 5.96. The molecule has 4 rings (SSSR count). The van der Waals surface area contributed by atoms with Gasteiger partial charge in [0.25, 0.3) is 10.0 Å². The molecule has 2 aromatic carbocycles. The Hall–Kier alpha value is -3.66. The standard InChI is InChI=1S/C28H31F2N5O2S/c1-18(2)12-19-6-9-25(38(36,37)34-27-32-15-22(29)16-33-27)23(13-19)20-7-8-21(24(30)14-20)17-35-11-10-31-26(35)28(3,4)5/h6-11,13-16,18H,12,17H2,1-5H3,(H,32,33,34). The van der Waals surface area contributed by atoms with Crippen LogP contribution < -0.4 is 4.72 Å². The summed E-state index contributed by atoms with van der Waals surface area (Å²) in [6.07, 6.45) is 5.98. The lowest BCUT2D eigenvalue weighted by molar-refractivity contribution is 0.505. The van der Waals surface area contributed by atoms with Crippen molar-refractivity contribution >= 4 is 16.0 Å². The molecule has 0 aliphatic heterocycles. The molecule has 0 bridgehead atoms. The third-order valence-corrected chi connectivity index (χ3v) is 7.30. The van der Waals surface area contributed by atoms with E-state index in [0.29, 0.717) is 29.2 Å². The maximum Gasteiger partial charge on any atom is 0.264 e. The van der Waals surface area contributed by atoms with E-state index >= 15 is 4.39 Å². The van der Waals surface area contributed by atoms with Gasteiger partial charge >= 0.3 is 0 Å². The fraction of sp³-hybridized carbons (Fsp3) is 0.321. The van der Waals surface area contributed by atoms with Gasteiger partial charge in [0, 0.05) is 28.9 Å². The zero-order chi connectivity index (χ0) is 27.7. The Bertz CT molecular complexity index is 1540. The summed E-state index contributed by atoms with van der Waals surface area (Å²) in [5, 5.41) is 0. The van der Waals surface area contributed by atoms with Crippen molar-refractivity contribution in [2.45, 2.75) is 57.9 Å². The minimum absolute atomic E-state index is 0.0605. The van der Waals surface area contributed by atoms with Crippen LogP contribution in [-0.4, -0.2) is 27.9 Å². The normalized spacial score (nSPS) is 12.2. The largest absolute Gasteiger partial charge is 0.330 e. The molecule has 0 radical (unpaired) electrons. The van der Waals surface area contributed by atoms with Crippen molar-refractivity contribution in [3.05, 3.63) is 89.8 Å². The van der Waals surface area contributed by atoms with Crippen LogP contribution in [0.4, 0.5) is 14.7 Å². The van der Waals surface area contributed by atoms with Crippen LogP contribution in [0, 0.1) is 17.6 Å². The maximum atomic E-state index is 15.4. The number of nitrogens with zero attached hydrogens (tertiary/aromatic N) is 4. The summed E-state index contributed by atoms with van der Waals surface area (Å²) in [6, 6.07) is 9.73. The number of hydrogen-bond acceptors (Lipinski definition) is 5. The quantitative estimate of drug-likeness (QED) is 0.298. The number of nitrogens with one attached hydrogen (secondary N) is 1. The van der Waals surface area contributed by atoms with Crippen molar-refractivity contribution in [3.63, 3.8) is 0 Å². The SMILES string of the molecule is CC(C)Cc1ccc(S(=O)(=O)Nc2ncc(F)cn2)c(-c2ccc(Cn3ccnc3C(C)(C)C)c(F)c2)c1. The molecule has 0 saturated carbocycles. The molecule has 0 fully saturated rings. The topological polar surface area (TPSA) is 89.8 Å². The van der Waals surface area contributed by atoms with Crippen LogP contribution >= 0.6 is 0 Å². The lowest BCUT2D eigenvalue weighted by Crippen LogP contribution is -2.19. The molecule has 7 nitrogen and oxygen atoms in total. The molecule has 0 saturated heterocycles. The summed E-state index contributed by atoms with van der Waals surface area (Å²) < 4.78 is 59.5. The Labute approximate surface area is 222 Å². The zero-order valence-electron chi connectivity index (χ0n) is 22.0. The number of aromatic nitrogens is 4. The molecule has 10 heteroatoms. The van der Waals surface area contributed by atoms with Gasteiger partial charge in [-0.05, 0) is 41.7 Å². The number of sulfonamides is 1. The van der Waals surface area contributed by atoms with Gasteiger partial charge in [0.05, 0.1) is 23.8 Å². The molecular weight excluding hydrogens is 508 g/mol. The van der Waals surface area contributed by atoms with Gasteiger partial charge in [0.1, 0.15) is 11.6 Å². The summed E-state index contributed by atoms with van der Waals surface area (Å²) >= 11 is 0. The first-order chi connectivity index (χ1) is 17.8. The third-order valence-electron chi connectivity index (χ3n) is 5.91. The van der Waals surface area contributed by atoms with Gasteiger partial charge in [0.2, 0.25) is 5.95 Å². The first-order valence-electron chi connectivity index (χ1n) is 12.3. The second kappa shape index (κ2) is 10.6. The molecule has 0 aliphatic carbocycles. The van der Waals surface area contributed by atoms with Gasteiger partial charge in [-0.1, -0.05) is 52.8 Å². The van der Waals surface area contributed by atoms with Crippen molar-refractivity contribution in [2.75, 3.05) is 4.72 Å². The van der Waals surface area contributed by atoms with Gasteiger partial charge < -0.3 is 4.57 Å². The molecular formula is C28H31F2N5O2S. The van der Waals surface area contributed by atoms with Crippen molar-refractivity contribution in [2.24, 2.45) is 5.92 Å². The van der Waals surface area contributed by atoms with Crippen LogP contribution in [0.2, 0.25) is 0 Å². The van der Waals surface area contributed by atoms with Gasteiger partial charge in [-0.15, -0.1) is 0 Å². The average molecular weight is 540 g/mol. The van der Waals surface area contributed by atoms with Crippen molar-refractivity contribution in [1.29, 1.82) is 0 Å². The Kier molecular flexibility index (Phi) is 7.64. The van der Waals surface area contributed by atoms with E-state index in [0.717, 1.165) is 30.2 Å². The van der Waals surface area contributed by atoms with Crippen LogP contribution in [0.3, 0.4) is 0 Å². The van der Waals surface area contributed by atoms with E-state index < -0.39 is 21.7 Å². The number of hydrogen-bond donors (Lipinski definition) is 1. The van der Waals surface area contributed by atoms with Gasteiger partial charge in [-0.3, -0.25) is 0 Å². The molecule has 38 heavy (non-hydrogen) atoms. The van der Waals surface area contributed by atoms with E-state index in [-0.39, 0.29) is 16.3 Å². The summed E-state index contributed by atoms with van der Waals surface area (Å²) in [5.74, 6) is -0.233. The highest BCUT2D eigenvalue weighted by molar-refractivity contribution is 7.92. The van der Waals surface area contributed by atoms with Gasteiger partial charge in [-0.25, -0.2) is 36.9 Å². The number of rotatable bonds is 8. The lowest BCUT2D eigenvalue weighted by atomic mass is 9.95. The highest BCUT2D eigenvalue weighted by Gasteiger charge is 2.23. The van der Waals surface area contributed by atoms with Gasteiger partial charge in [0.15, 0.2) is 5.82 Å². The van der Waals surface area contributed by atoms with Crippen LogP contribution in [0.25, 0.3) is 11.1 Å². The maximum absolute atomic E-state index is 15.4. The van der Waals surface area contributed by atoms with E-state index in [9.17, 15) is 12.8 Å².